The van der Waals surface area contributed by atoms with E-state index in [1.165, 1.54) is 0 Å². The second-order valence-corrected chi connectivity index (χ2v) is 8.53. The SMILES string of the molecule is CCOc1cccc(NC(=O)/C(C#N)=C\c2cc(C)n(-c3sc(C)c(C)c3C#N)c2C)c1. The van der Waals surface area contributed by atoms with Crippen molar-refractivity contribution in [3.05, 3.63) is 68.9 Å². The van der Waals surface area contributed by atoms with Crippen LogP contribution in [0.4, 0.5) is 5.69 Å². The van der Waals surface area contributed by atoms with Gasteiger partial charge >= 0.3 is 0 Å². The van der Waals surface area contributed by atoms with Gasteiger partial charge < -0.3 is 14.6 Å². The number of aryl methyl sites for hydroxylation is 2. The van der Waals surface area contributed by atoms with Crippen LogP contribution >= 0.6 is 11.3 Å². The predicted octanol–water partition coefficient (Wildman–Crippen LogP) is 5.59. The van der Waals surface area contributed by atoms with E-state index in [9.17, 15) is 15.3 Å². The Morgan fingerprint density at radius 1 is 1.22 bits per heavy atom. The third-order valence-electron chi connectivity index (χ3n) is 5.22. The Morgan fingerprint density at radius 2 is 1.97 bits per heavy atom. The van der Waals surface area contributed by atoms with Crippen LogP contribution in [0.1, 0.15) is 39.9 Å². The topological polar surface area (TPSA) is 90.8 Å². The molecule has 0 radical (unpaired) electrons. The van der Waals surface area contributed by atoms with Gasteiger partial charge in [0.05, 0.1) is 12.2 Å². The summed E-state index contributed by atoms with van der Waals surface area (Å²) in [5.41, 5.74) is 4.71. The number of rotatable bonds is 6. The summed E-state index contributed by atoms with van der Waals surface area (Å²) in [6.45, 7) is 10.2. The molecule has 3 aromatic rings. The minimum Gasteiger partial charge on any atom is -0.494 e. The molecule has 0 aliphatic rings. The second kappa shape index (κ2) is 9.55. The smallest absolute Gasteiger partial charge is 0.266 e. The molecule has 2 aromatic heterocycles. The van der Waals surface area contributed by atoms with Crippen LogP contribution in [-0.2, 0) is 4.79 Å². The zero-order chi connectivity index (χ0) is 23.4. The highest BCUT2D eigenvalue weighted by atomic mass is 32.1. The number of carbonyl (C=O) groups is 1. The third kappa shape index (κ3) is 4.44. The predicted molar refractivity (Wildman–Crippen MR) is 127 cm³/mol. The monoisotopic (exact) mass is 444 g/mol. The van der Waals surface area contributed by atoms with Crippen molar-refractivity contribution in [3.8, 4) is 22.9 Å². The van der Waals surface area contributed by atoms with E-state index in [-0.39, 0.29) is 5.57 Å². The number of ether oxygens (including phenoxy) is 1. The molecule has 0 saturated carbocycles. The molecule has 2 heterocycles. The van der Waals surface area contributed by atoms with E-state index in [2.05, 4.69) is 11.4 Å². The van der Waals surface area contributed by atoms with Crippen LogP contribution in [0.25, 0.3) is 11.1 Å². The van der Waals surface area contributed by atoms with Crippen molar-refractivity contribution < 1.29 is 9.53 Å². The van der Waals surface area contributed by atoms with E-state index < -0.39 is 5.91 Å². The normalized spacial score (nSPS) is 11.0. The number of nitriles is 2. The van der Waals surface area contributed by atoms with Crippen LogP contribution in [0.3, 0.4) is 0 Å². The van der Waals surface area contributed by atoms with Crippen molar-refractivity contribution in [1.29, 1.82) is 10.5 Å². The van der Waals surface area contributed by atoms with E-state index in [0.717, 1.165) is 32.4 Å². The zero-order valence-corrected chi connectivity index (χ0v) is 19.6. The van der Waals surface area contributed by atoms with Crippen LogP contribution in [0.5, 0.6) is 5.75 Å². The molecule has 3 rings (SSSR count). The Hall–Kier alpha value is -3.81. The van der Waals surface area contributed by atoms with E-state index in [1.54, 1.807) is 41.7 Å². The Balaban J connectivity index is 1.95. The minimum absolute atomic E-state index is 0.00823. The maximum absolute atomic E-state index is 12.7. The number of nitrogens with one attached hydrogen (secondary N) is 1. The van der Waals surface area contributed by atoms with Gasteiger partial charge in [-0.05, 0) is 70.0 Å². The van der Waals surface area contributed by atoms with E-state index in [0.29, 0.717) is 23.6 Å². The van der Waals surface area contributed by atoms with Crippen molar-refractivity contribution in [3.63, 3.8) is 0 Å². The summed E-state index contributed by atoms with van der Waals surface area (Å²) in [5.74, 6) is 0.151. The lowest BCUT2D eigenvalue weighted by atomic mass is 10.1. The van der Waals surface area contributed by atoms with Crippen LogP contribution in [-0.4, -0.2) is 17.1 Å². The van der Waals surface area contributed by atoms with Gasteiger partial charge in [0, 0.05) is 28.0 Å². The molecule has 1 aromatic carbocycles. The molecule has 7 heteroatoms. The number of benzene rings is 1. The first kappa shape index (κ1) is 22.9. The van der Waals surface area contributed by atoms with Crippen LogP contribution in [0.2, 0.25) is 0 Å². The fourth-order valence-electron chi connectivity index (χ4n) is 3.48. The second-order valence-electron chi connectivity index (χ2n) is 7.32. The van der Waals surface area contributed by atoms with E-state index >= 15 is 0 Å². The minimum atomic E-state index is -0.494. The largest absolute Gasteiger partial charge is 0.494 e. The lowest BCUT2D eigenvalue weighted by Crippen LogP contribution is -2.13. The van der Waals surface area contributed by atoms with Crippen LogP contribution in [0, 0.1) is 50.4 Å². The Bertz CT molecular complexity index is 1300. The van der Waals surface area contributed by atoms with Crippen molar-refractivity contribution in [2.75, 3.05) is 11.9 Å². The van der Waals surface area contributed by atoms with Crippen LogP contribution < -0.4 is 10.1 Å². The number of hydrogen-bond donors (Lipinski definition) is 1. The summed E-state index contributed by atoms with van der Waals surface area (Å²) in [4.78, 5) is 13.8. The number of thiophene rings is 1. The van der Waals surface area contributed by atoms with Crippen molar-refractivity contribution in [2.45, 2.75) is 34.6 Å². The number of carbonyl (C=O) groups excluding carboxylic acids is 1. The molecular weight excluding hydrogens is 420 g/mol. The van der Waals surface area contributed by atoms with E-state index in [1.807, 2.05) is 51.3 Å². The summed E-state index contributed by atoms with van der Waals surface area (Å²) in [7, 11) is 0. The average Bonchev–Trinajstić information content (AvgIpc) is 3.20. The van der Waals surface area contributed by atoms with Gasteiger partial charge in [0.25, 0.3) is 5.91 Å². The highest BCUT2D eigenvalue weighted by Gasteiger charge is 2.19. The van der Waals surface area contributed by atoms with Gasteiger partial charge in [0.2, 0.25) is 0 Å². The maximum atomic E-state index is 12.7. The number of aromatic nitrogens is 1. The molecule has 1 N–H and O–H groups in total. The first-order valence-corrected chi connectivity index (χ1v) is 11.0. The lowest BCUT2D eigenvalue weighted by Gasteiger charge is -2.08. The van der Waals surface area contributed by atoms with Crippen LogP contribution in [0.15, 0.2) is 35.9 Å². The standard InChI is InChI=1S/C25H24N4O2S/c1-6-31-22-9-7-8-21(12-22)28-24(30)20(13-26)11-19-10-15(2)29(17(19)4)25-23(14-27)16(3)18(5)32-25/h7-12H,6H2,1-5H3,(H,28,30)/b20-11-. The molecule has 0 aliphatic carbocycles. The highest BCUT2D eigenvalue weighted by Crippen LogP contribution is 2.34. The molecule has 0 spiro atoms. The summed E-state index contributed by atoms with van der Waals surface area (Å²) in [6.07, 6.45) is 1.58. The number of anilines is 1. The lowest BCUT2D eigenvalue weighted by molar-refractivity contribution is -0.112. The summed E-state index contributed by atoms with van der Waals surface area (Å²) in [6, 6.07) is 13.3. The van der Waals surface area contributed by atoms with Gasteiger partial charge in [0.15, 0.2) is 0 Å². The molecule has 0 bridgehead atoms. The van der Waals surface area contributed by atoms with Crippen molar-refractivity contribution in [2.24, 2.45) is 0 Å². The maximum Gasteiger partial charge on any atom is 0.266 e. The molecule has 0 atom stereocenters. The zero-order valence-electron chi connectivity index (χ0n) is 18.7. The summed E-state index contributed by atoms with van der Waals surface area (Å²) >= 11 is 1.56. The van der Waals surface area contributed by atoms with Gasteiger partial charge in [-0.1, -0.05) is 6.07 Å². The van der Waals surface area contributed by atoms with Crippen molar-refractivity contribution in [1.82, 2.24) is 4.57 Å². The molecule has 162 valence electrons. The average molecular weight is 445 g/mol. The Morgan fingerprint density at radius 3 is 2.62 bits per heavy atom. The molecule has 1 amide bonds. The highest BCUT2D eigenvalue weighted by molar-refractivity contribution is 7.14. The number of amides is 1. The van der Waals surface area contributed by atoms with E-state index in [4.69, 9.17) is 4.74 Å². The molecule has 0 saturated heterocycles. The third-order valence-corrected chi connectivity index (χ3v) is 6.41. The fourth-order valence-corrected chi connectivity index (χ4v) is 4.70. The summed E-state index contributed by atoms with van der Waals surface area (Å²) in [5, 5.41) is 22.9. The number of nitrogens with zero attached hydrogens (tertiary/aromatic N) is 3. The van der Waals surface area contributed by atoms with Gasteiger partial charge in [-0.3, -0.25) is 4.79 Å². The first-order chi connectivity index (χ1) is 15.3. The molecule has 32 heavy (non-hydrogen) atoms. The van der Waals surface area contributed by atoms with Crippen molar-refractivity contribution >= 4 is 29.0 Å². The Labute approximate surface area is 192 Å². The van der Waals surface area contributed by atoms with Gasteiger partial charge in [-0.15, -0.1) is 11.3 Å². The van der Waals surface area contributed by atoms with Gasteiger partial charge in [0.1, 0.15) is 28.5 Å². The first-order valence-electron chi connectivity index (χ1n) is 10.2. The molecule has 0 aliphatic heterocycles. The fraction of sp³-hybridized carbons (Fsp3) is 0.240. The summed E-state index contributed by atoms with van der Waals surface area (Å²) < 4.78 is 7.47. The van der Waals surface area contributed by atoms with Gasteiger partial charge in [-0.25, -0.2) is 0 Å². The number of hydrogen-bond acceptors (Lipinski definition) is 5. The quantitative estimate of drug-likeness (QED) is 0.396. The Kier molecular flexibility index (Phi) is 6.82. The molecule has 6 nitrogen and oxygen atoms in total. The molecular formula is C25H24N4O2S. The molecule has 0 fully saturated rings. The molecule has 0 unspecified atom stereocenters. The van der Waals surface area contributed by atoms with Gasteiger partial charge in [-0.2, -0.15) is 10.5 Å².